The first-order valence-electron chi connectivity index (χ1n) is 7.54. The number of likely N-dealkylation sites (N-methyl/N-ethyl adjacent to an activating group) is 1. The molecule has 2 N–H and O–H groups in total. The number of rotatable bonds is 2. The van der Waals surface area contributed by atoms with E-state index in [1.165, 1.54) is 11.3 Å². The van der Waals surface area contributed by atoms with Crippen molar-refractivity contribution in [3.63, 3.8) is 0 Å². The van der Waals surface area contributed by atoms with Crippen LogP contribution in [0, 0.1) is 0 Å². The van der Waals surface area contributed by atoms with Crippen LogP contribution in [0.3, 0.4) is 0 Å². The number of carbonyl (C=O) groups is 1. The summed E-state index contributed by atoms with van der Waals surface area (Å²) in [7, 11) is 2.06. The number of carbonyl (C=O) groups excluding carboxylic acids is 1. The van der Waals surface area contributed by atoms with Crippen LogP contribution >= 0.6 is 0 Å². The maximum atomic E-state index is 12.4. The molecule has 3 rings (SSSR count). The Hall–Kier alpha value is -1.75. The van der Waals surface area contributed by atoms with Gasteiger partial charge in [0.15, 0.2) is 0 Å². The summed E-state index contributed by atoms with van der Waals surface area (Å²) in [6.45, 7) is 4.71. The molecule has 1 fully saturated rings. The van der Waals surface area contributed by atoms with Gasteiger partial charge >= 0.3 is 6.03 Å². The molecule has 0 saturated carbocycles. The first kappa shape index (κ1) is 14.2. The molecule has 3 atom stereocenters. The Labute approximate surface area is 125 Å². The molecule has 21 heavy (non-hydrogen) atoms. The largest absolute Gasteiger partial charge is 0.394 e. The highest BCUT2D eigenvalue weighted by molar-refractivity contribution is 5.78. The van der Waals surface area contributed by atoms with E-state index in [0.717, 1.165) is 6.54 Å². The molecule has 5 nitrogen and oxygen atoms in total. The molecule has 0 aromatic heterocycles. The van der Waals surface area contributed by atoms with Crippen molar-refractivity contribution in [3.8, 4) is 0 Å². The number of para-hydroxylation sites is 1. The van der Waals surface area contributed by atoms with Gasteiger partial charge in [-0.25, -0.2) is 4.79 Å². The number of anilines is 1. The zero-order valence-corrected chi connectivity index (χ0v) is 12.8. The van der Waals surface area contributed by atoms with E-state index in [4.69, 9.17) is 0 Å². The summed E-state index contributed by atoms with van der Waals surface area (Å²) in [5, 5.41) is 12.7. The van der Waals surface area contributed by atoms with Crippen LogP contribution < -0.4 is 10.2 Å². The minimum absolute atomic E-state index is 0.00469. The predicted octanol–water partition coefficient (Wildman–Crippen LogP) is 1.38. The number of aliphatic hydroxyl groups excluding tert-OH is 1. The summed E-state index contributed by atoms with van der Waals surface area (Å²) in [4.78, 5) is 16.4. The summed E-state index contributed by atoms with van der Waals surface area (Å²) in [5.41, 5.74) is 2.45. The standard InChI is InChI=1S/C16H23N3O2/c1-10(2)17-16(21)19-13-8-18(3)12-7-5-4-6-11(12)15(13)14(19)9-20/h4-7,10,13-15,20H,8-9H2,1-3H3,(H,17,21)/t13-,14+,15+/m0/s1. The van der Waals surface area contributed by atoms with Gasteiger partial charge < -0.3 is 20.2 Å². The van der Waals surface area contributed by atoms with Crippen LogP contribution in [0.4, 0.5) is 10.5 Å². The molecule has 1 aromatic carbocycles. The van der Waals surface area contributed by atoms with Gasteiger partial charge in [-0.2, -0.15) is 0 Å². The number of aliphatic hydroxyl groups is 1. The second-order valence-electron chi connectivity index (χ2n) is 6.29. The Bertz CT molecular complexity index is 546. The molecule has 2 aliphatic rings. The molecule has 0 radical (unpaired) electrons. The van der Waals surface area contributed by atoms with Crippen LogP contribution in [0.2, 0.25) is 0 Å². The predicted molar refractivity (Wildman–Crippen MR) is 82.6 cm³/mol. The summed E-state index contributed by atoms with van der Waals surface area (Å²) in [6.07, 6.45) is 0. The number of benzene rings is 1. The number of hydrogen-bond acceptors (Lipinski definition) is 3. The molecule has 0 aliphatic carbocycles. The van der Waals surface area contributed by atoms with E-state index in [2.05, 4.69) is 29.4 Å². The van der Waals surface area contributed by atoms with Gasteiger partial charge in [0.05, 0.1) is 18.7 Å². The minimum Gasteiger partial charge on any atom is -0.394 e. The molecule has 2 amide bonds. The molecule has 1 aromatic rings. The first-order valence-corrected chi connectivity index (χ1v) is 7.54. The third-order valence-electron chi connectivity index (χ3n) is 4.55. The normalized spacial score (nSPS) is 27.0. The van der Waals surface area contributed by atoms with Crippen LogP contribution in [0.25, 0.3) is 0 Å². The number of nitrogens with one attached hydrogen (secondary N) is 1. The molecule has 0 unspecified atom stereocenters. The number of fused-ring (bicyclic) bond motifs is 3. The molecule has 2 heterocycles. The van der Waals surface area contributed by atoms with Crippen molar-refractivity contribution in [2.24, 2.45) is 0 Å². The molecular weight excluding hydrogens is 266 g/mol. The van der Waals surface area contributed by atoms with Crippen LogP contribution in [0.1, 0.15) is 25.3 Å². The van der Waals surface area contributed by atoms with E-state index in [9.17, 15) is 9.90 Å². The van der Waals surface area contributed by atoms with E-state index in [1.807, 2.05) is 30.9 Å². The van der Waals surface area contributed by atoms with Gasteiger partial charge in [0.25, 0.3) is 0 Å². The maximum Gasteiger partial charge on any atom is 0.318 e. The number of hydrogen-bond donors (Lipinski definition) is 2. The highest BCUT2D eigenvalue weighted by Crippen LogP contribution is 2.47. The second-order valence-corrected chi connectivity index (χ2v) is 6.29. The zero-order valence-electron chi connectivity index (χ0n) is 12.8. The van der Waals surface area contributed by atoms with Crippen molar-refractivity contribution in [3.05, 3.63) is 29.8 Å². The van der Waals surface area contributed by atoms with Gasteiger partial charge in [-0.05, 0) is 25.5 Å². The smallest absolute Gasteiger partial charge is 0.318 e. The number of nitrogens with zero attached hydrogens (tertiary/aromatic N) is 2. The lowest BCUT2D eigenvalue weighted by Crippen LogP contribution is -2.71. The van der Waals surface area contributed by atoms with Gasteiger partial charge in [0.2, 0.25) is 0 Å². The third kappa shape index (κ3) is 2.16. The molecule has 0 bridgehead atoms. The average molecular weight is 289 g/mol. The molecular formula is C16H23N3O2. The maximum absolute atomic E-state index is 12.4. The van der Waals surface area contributed by atoms with Crippen LogP contribution in [-0.4, -0.2) is 54.4 Å². The lowest BCUT2D eigenvalue weighted by atomic mass is 9.72. The Balaban J connectivity index is 1.89. The Morgan fingerprint density at radius 2 is 2.14 bits per heavy atom. The van der Waals surface area contributed by atoms with E-state index in [-0.39, 0.29) is 36.7 Å². The monoisotopic (exact) mass is 289 g/mol. The van der Waals surface area contributed by atoms with Crippen molar-refractivity contribution in [1.82, 2.24) is 10.2 Å². The summed E-state index contributed by atoms with van der Waals surface area (Å²) in [5.74, 6) is 0.236. The highest BCUT2D eigenvalue weighted by atomic mass is 16.3. The highest BCUT2D eigenvalue weighted by Gasteiger charge is 2.54. The number of likely N-dealkylation sites (tertiary alicyclic amines) is 1. The molecule has 0 spiro atoms. The van der Waals surface area contributed by atoms with E-state index >= 15 is 0 Å². The average Bonchev–Trinajstić information content (AvgIpc) is 2.41. The SMILES string of the molecule is CC(C)NC(=O)N1[C@H](CO)[C@@H]2c3ccccc3N(C)C[C@@H]21. The van der Waals surface area contributed by atoms with Gasteiger partial charge in [0, 0.05) is 31.2 Å². The van der Waals surface area contributed by atoms with Crippen molar-refractivity contribution >= 4 is 11.7 Å². The van der Waals surface area contributed by atoms with Crippen molar-refractivity contribution in [1.29, 1.82) is 0 Å². The fourth-order valence-electron chi connectivity index (χ4n) is 3.68. The van der Waals surface area contributed by atoms with Crippen LogP contribution in [-0.2, 0) is 0 Å². The van der Waals surface area contributed by atoms with Gasteiger partial charge in [-0.15, -0.1) is 0 Å². The third-order valence-corrected chi connectivity index (χ3v) is 4.55. The molecule has 5 heteroatoms. The lowest BCUT2D eigenvalue weighted by Gasteiger charge is -2.58. The van der Waals surface area contributed by atoms with E-state index in [0.29, 0.717) is 0 Å². The first-order chi connectivity index (χ1) is 10.0. The lowest BCUT2D eigenvalue weighted by molar-refractivity contribution is -0.00784. The van der Waals surface area contributed by atoms with E-state index < -0.39 is 0 Å². The second kappa shape index (κ2) is 5.22. The summed E-state index contributed by atoms with van der Waals surface area (Å²) < 4.78 is 0. The van der Waals surface area contributed by atoms with Crippen molar-refractivity contribution in [2.75, 3.05) is 25.1 Å². The summed E-state index contributed by atoms with van der Waals surface area (Å²) in [6, 6.07) is 8.33. The fourth-order valence-corrected chi connectivity index (χ4v) is 3.68. The Kier molecular flexibility index (Phi) is 3.53. The molecule has 2 aliphatic heterocycles. The Morgan fingerprint density at radius 3 is 2.81 bits per heavy atom. The summed E-state index contributed by atoms with van der Waals surface area (Å²) >= 11 is 0. The number of urea groups is 1. The van der Waals surface area contributed by atoms with Crippen LogP contribution in [0.5, 0.6) is 0 Å². The zero-order chi connectivity index (χ0) is 15.1. The Morgan fingerprint density at radius 1 is 1.43 bits per heavy atom. The molecule has 114 valence electrons. The van der Waals surface area contributed by atoms with Crippen LogP contribution in [0.15, 0.2) is 24.3 Å². The van der Waals surface area contributed by atoms with Gasteiger partial charge in [0.1, 0.15) is 0 Å². The van der Waals surface area contributed by atoms with Gasteiger partial charge in [-0.3, -0.25) is 0 Å². The quantitative estimate of drug-likeness (QED) is 0.865. The van der Waals surface area contributed by atoms with Crippen molar-refractivity contribution < 1.29 is 9.90 Å². The van der Waals surface area contributed by atoms with Gasteiger partial charge in [-0.1, -0.05) is 18.2 Å². The number of amides is 2. The van der Waals surface area contributed by atoms with E-state index in [1.54, 1.807) is 0 Å². The molecule has 1 saturated heterocycles. The fraction of sp³-hybridized carbons (Fsp3) is 0.562. The minimum atomic E-state index is -0.122. The van der Waals surface area contributed by atoms with Crippen molar-refractivity contribution in [2.45, 2.75) is 37.9 Å². The topological polar surface area (TPSA) is 55.8 Å².